The first kappa shape index (κ1) is 16.4. The number of nitrogens with zero attached hydrogens (tertiary/aromatic N) is 1. The summed E-state index contributed by atoms with van der Waals surface area (Å²) in [5.41, 5.74) is 0.815. The van der Waals surface area contributed by atoms with Crippen molar-refractivity contribution in [2.75, 3.05) is 19.6 Å². The van der Waals surface area contributed by atoms with Gasteiger partial charge in [0.2, 0.25) is 0 Å². The van der Waals surface area contributed by atoms with Crippen LogP contribution >= 0.6 is 12.4 Å². The predicted octanol–water partition coefficient (Wildman–Crippen LogP) is 3.55. The third-order valence-corrected chi connectivity index (χ3v) is 3.66. The Bertz CT molecular complexity index is 352. The zero-order valence-electron chi connectivity index (χ0n) is 11.2. The maximum Gasteiger partial charge on any atom is 0.123 e. The summed E-state index contributed by atoms with van der Waals surface area (Å²) in [6.07, 6.45) is 5.26. The summed E-state index contributed by atoms with van der Waals surface area (Å²) >= 11 is 0. The van der Waals surface area contributed by atoms with Gasteiger partial charge in [0.05, 0.1) is 6.10 Å². The lowest BCUT2D eigenvalue weighted by Crippen LogP contribution is -2.30. The van der Waals surface area contributed by atoms with E-state index in [-0.39, 0.29) is 18.2 Å². The van der Waals surface area contributed by atoms with Gasteiger partial charge in [0, 0.05) is 0 Å². The van der Waals surface area contributed by atoms with E-state index in [4.69, 9.17) is 0 Å². The van der Waals surface area contributed by atoms with E-state index >= 15 is 0 Å². The fourth-order valence-corrected chi connectivity index (χ4v) is 2.54. The molecule has 1 unspecified atom stereocenters. The number of likely N-dealkylation sites (tertiary alicyclic amines) is 1. The molecule has 19 heavy (non-hydrogen) atoms. The highest BCUT2D eigenvalue weighted by Gasteiger charge is 2.11. The number of benzene rings is 1. The molecule has 0 amide bonds. The summed E-state index contributed by atoms with van der Waals surface area (Å²) in [7, 11) is 0. The summed E-state index contributed by atoms with van der Waals surface area (Å²) in [5, 5.41) is 10.00. The Kier molecular flexibility index (Phi) is 7.36. The first-order chi connectivity index (χ1) is 8.75. The van der Waals surface area contributed by atoms with Gasteiger partial charge in [0.15, 0.2) is 0 Å². The first-order valence-corrected chi connectivity index (χ1v) is 6.91. The van der Waals surface area contributed by atoms with Crippen LogP contribution in [0.25, 0.3) is 0 Å². The Morgan fingerprint density at radius 3 is 2.37 bits per heavy atom. The van der Waals surface area contributed by atoms with E-state index in [2.05, 4.69) is 4.90 Å². The molecular formula is C15H23ClFNO. The third kappa shape index (κ3) is 5.47. The monoisotopic (exact) mass is 287 g/mol. The van der Waals surface area contributed by atoms with E-state index in [0.29, 0.717) is 0 Å². The minimum atomic E-state index is -0.463. The smallest absolute Gasteiger partial charge is 0.123 e. The number of hydrogen-bond donors (Lipinski definition) is 1. The highest BCUT2D eigenvalue weighted by molar-refractivity contribution is 5.85. The van der Waals surface area contributed by atoms with Crippen molar-refractivity contribution in [1.29, 1.82) is 0 Å². The van der Waals surface area contributed by atoms with E-state index in [9.17, 15) is 9.50 Å². The molecular weight excluding hydrogens is 265 g/mol. The molecule has 2 rings (SSSR count). The molecule has 1 aromatic carbocycles. The van der Waals surface area contributed by atoms with E-state index in [1.54, 1.807) is 12.1 Å². The maximum absolute atomic E-state index is 12.8. The second-order valence-corrected chi connectivity index (χ2v) is 5.11. The second kappa shape index (κ2) is 8.51. The van der Waals surface area contributed by atoms with Gasteiger partial charge in [-0.2, -0.15) is 0 Å². The van der Waals surface area contributed by atoms with Crippen molar-refractivity contribution in [2.45, 2.75) is 38.2 Å². The zero-order valence-corrected chi connectivity index (χ0v) is 12.0. The number of aliphatic hydroxyl groups excluding tert-OH is 1. The Hall–Kier alpha value is -0.640. The Morgan fingerprint density at radius 1 is 1.11 bits per heavy atom. The van der Waals surface area contributed by atoms with E-state index in [0.717, 1.165) is 24.9 Å². The summed E-state index contributed by atoms with van der Waals surface area (Å²) in [4.78, 5) is 2.47. The topological polar surface area (TPSA) is 23.5 Å². The number of rotatable bonds is 5. The van der Waals surface area contributed by atoms with Crippen LogP contribution in [0.3, 0.4) is 0 Å². The van der Waals surface area contributed by atoms with Crippen LogP contribution < -0.4 is 0 Å². The van der Waals surface area contributed by atoms with Crippen molar-refractivity contribution in [3.05, 3.63) is 35.6 Å². The van der Waals surface area contributed by atoms with Crippen molar-refractivity contribution in [1.82, 2.24) is 4.90 Å². The molecule has 1 N–H and O–H groups in total. The lowest BCUT2D eigenvalue weighted by molar-refractivity contribution is 0.151. The summed E-state index contributed by atoms with van der Waals surface area (Å²) < 4.78 is 12.8. The molecule has 1 heterocycles. The standard InChI is InChI=1S/C15H22FNO.ClH/c16-14-8-6-13(7-9-14)15(18)5-4-12-17-10-2-1-3-11-17;/h6-9,15,18H,1-5,10-12H2;1H. The lowest BCUT2D eigenvalue weighted by Gasteiger charge is -2.26. The summed E-state index contributed by atoms with van der Waals surface area (Å²) in [6.45, 7) is 3.47. The van der Waals surface area contributed by atoms with E-state index < -0.39 is 6.10 Å². The molecule has 0 bridgehead atoms. The van der Waals surface area contributed by atoms with Crippen molar-refractivity contribution >= 4 is 12.4 Å². The normalized spacial score (nSPS) is 17.8. The molecule has 0 spiro atoms. The van der Waals surface area contributed by atoms with Crippen molar-refractivity contribution in [2.24, 2.45) is 0 Å². The quantitative estimate of drug-likeness (QED) is 0.895. The second-order valence-electron chi connectivity index (χ2n) is 5.11. The maximum atomic E-state index is 12.8. The van der Waals surface area contributed by atoms with Gasteiger partial charge in [0.25, 0.3) is 0 Å². The highest BCUT2D eigenvalue weighted by Crippen LogP contribution is 2.19. The molecule has 1 aliphatic heterocycles. The molecule has 4 heteroatoms. The molecule has 0 radical (unpaired) electrons. The van der Waals surface area contributed by atoms with Gasteiger partial charge in [-0.05, 0) is 63.0 Å². The Morgan fingerprint density at radius 2 is 1.74 bits per heavy atom. The first-order valence-electron chi connectivity index (χ1n) is 6.91. The van der Waals surface area contributed by atoms with Gasteiger partial charge in [-0.3, -0.25) is 0 Å². The minimum Gasteiger partial charge on any atom is -0.388 e. The number of halogens is 2. The average molecular weight is 288 g/mol. The molecule has 1 aromatic rings. The molecule has 1 fully saturated rings. The fraction of sp³-hybridized carbons (Fsp3) is 0.600. The molecule has 108 valence electrons. The summed E-state index contributed by atoms with van der Waals surface area (Å²) in [5.74, 6) is -0.251. The zero-order chi connectivity index (χ0) is 12.8. The van der Waals surface area contributed by atoms with Crippen LogP contribution in [0.1, 0.15) is 43.8 Å². The van der Waals surface area contributed by atoms with Crippen molar-refractivity contribution in [3.8, 4) is 0 Å². The van der Waals surface area contributed by atoms with Gasteiger partial charge >= 0.3 is 0 Å². The molecule has 0 aromatic heterocycles. The Balaban J connectivity index is 0.00000180. The number of aliphatic hydroxyl groups is 1. The predicted molar refractivity (Wildman–Crippen MR) is 78.1 cm³/mol. The van der Waals surface area contributed by atoms with E-state index in [1.807, 2.05) is 0 Å². The van der Waals surface area contributed by atoms with Crippen molar-refractivity contribution < 1.29 is 9.50 Å². The minimum absolute atomic E-state index is 0. The van der Waals surface area contributed by atoms with Gasteiger partial charge in [-0.15, -0.1) is 12.4 Å². The lowest BCUT2D eigenvalue weighted by atomic mass is 10.0. The van der Waals surface area contributed by atoms with Crippen LogP contribution in [0, 0.1) is 5.82 Å². The molecule has 1 aliphatic rings. The van der Waals surface area contributed by atoms with Gasteiger partial charge in [0.1, 0.15) is 5.82 Å². The van der Waals surface area contributed by atoms with Crippen LogP contribution in [0.4, 0.5) is 4.39 Å². The molecule has 0 saturated carbocycles. The SMILES string of the molecule is Cl.OC(CCCN1CCCCC1)c1ccc(F)cc1. The van der Waals surface area contributed by atoms with Crippen LogP contribution in [0.15, 0.2) is 24.3 Å². The Labute approximate surface area is 121 Å². The summed E-state index contributed by atoms with van der Waals surface area (Å²) in [6, 6.07) is 6.15. The van der Waals surface area contributed by atoms with Gasteiger partial charge in [-0.1, -0.05) is 18.6 Å². The van der Waals surface area contributed by atoms with Crippen LogP contribution in [0.2, 0.25) is 0 Å². The largest absolute Gasteiger partial charge is 0.388 e. The number of hydrogen-bond acceptors (Lipinski definition) is 2. The van der Waals surface area contributed by atoms with Crippen LogP contribution in [-0.4, -0.2) is 29.6 Å². The van der Waals surface area contributed by atoms with Gasteiger partial charge in [-0.25, -0.2) is 4.39 Å². The average Bonchev–Trinajstić information content (AvgIpc) is 2.40. The fourth-order valence-electron chi connectivity index (χ4n) is 2.54. The molecule has 0 aliphatic carbocycles. The van der Waals surface area contributed by atoms with E-state index in [1.165, 1.54) is 44.5 Å². The molecule has 1 atom stereocenters. The molecule has 1 saturated heterocycles. The molecule has 2 nitrogen and oxygen atoms in total. The highest BCUT2D eigenvalue weighted by atomic mass is 35.5. The van der Waals surface area contributed by atoms with Crippen molar-refractivity contribution in [3.63, 3.8) is 0 Å². The van der Waals surface area contributed by atoms with Gasteiger partial charge < -0.3 is 10.0 Å². The number of piperidine rings is 1. The van der Waals surface area contributed by atoms with Crippen LogP contribution in [-0.2, 0) is 0 Å². The van der Waals surface area contributed by atoms with Crippen LogP contribution in [0.5, 0.6) is 0 Å². The third-order valence-electron chi connectivity index (χ3n) is 3.66.